The summed E-state index contributed by atoms with van der Waals surface area (Å²) in [5.74, 6) is 0. The number of nitrogens with two attached hydrogens (primary N) is 1. The van der Waals surface area contributed by atoms with Crippen LogP contribution in [0.4, 0.5) is 0 Å². The molecule has 1 atom stereocenters. The molecule has 0 unspecified atom stereocenters. The predicted molar refractivity (Wildman–Crippen MR) is 76.2 cm³/mol. The second kappa shape index (κ2) is 6.10. The maximum absolute atomic E-state index is 5.76. The molecule has 3 rings (SSSR count). The minimum absolute atomic E-state index is 0. The van der Waals surface area contributed by atoms with Crippen molar-refractivity contribution in [3.63, 3.8) is 0 Å². The van der Waals surface area contributed by atoms with Gasteiger partial charge in [-0.2, -0.15) is 0 Å². The molecule has 0 amide bonds. The van der Waals surface area contributed by atoms with Crippen molar-refractivity contribution in [1.82, 2.24) is 9.97 Å². The van der Waals surface area contributed by atoms with Crippen LogP contribution in [0.15, 0.2) is 36.8 Å². The highest BCUT2D eigenvalue weighted by Gasteiger charge is 2.22. The van der Waals surface area contributed by atoms with Crippen LogP contribution >= 0.6 is 12.4 Å². The summed E-state index contributed by atoms with van der Waals surface area (Å²) in [7, 11) is 0. The van der Waals surface area contributed by atoms with Crippen LogP contribution < -0.4 is 5.73 Å². The predicted octanol–water partition coefficient (Wildman–Crippen LogP) is 2.14. The van der Waals surface area contributed by atoms with Gasteiger partial charge in [0.25, 0.3) is 0 Å². The third kappa shape index (κ3) is 2.61. The molecule has 0 saturated heterocycles. The van der Waals surface area contributed by atoms with Crippen molar-refractivity contribution in [3.05, 3.63) is 47.9 Å². The van der Waals surface area contributed by atoms with E-state index >= 15 is 0 Å². The van der Waals surface area contributed by atoms with Gasteiger partial charge in [-0.15, -0.1) is 12.4 Å². The molecule has 0 spiro atoms. The summed E-state index contributed by atoms with van der Waals surface area (Å²) in [4.78, 5) is 8.28. The van der Waals surface area contributed by atoms with Gasteiger partial charge in [-0.05, 0) is 23.6 Å². The first-order valence-corrected chi connectivity index (χ1v) is 6.10. The number of halogens is 1. The van der Waals surface area contributed by atoms with Crippen molar-refractivity contribution in [2.75, 3.05) is 13.2 Å². The van der Waals surface area contributed by atoms with Gasteiger partial charge in [0.05, 0.1) is 18.4 Å². The van der Waals surface area contributed by atoms with E-state index in [1.54, 1.807) is 12.5 Å². The second-order valence-electron chi connectivity index (χ2n) is 4.31. The zero-order valence-electron chi connectivity index (χ0n) is 10.5. The molecule has 19 heavy (non-hydrogen) atoms. The van der Waals surface area contributed by atoms with E-state index in [1.165, 1.54) is 11.1 Å². The van der Waals surface area contributed by atoms with E-state index in [-0.39, 0.29) is 18.5 Å². The SMILES string of the molecule is Cl.NC[C@H]1OCCc2c(-c3ccncn3)cccc21. The molecular formula is C14H16ClN3O. The van der Waals surface area contributed by atoms with Gasteiger partial charge < -0.3 is 10.5 Å². The average Bonchev–Trinajstić information content (AvgIpc) is 2.47. The minimum atomic E-state index is 0. The third-order valence-electron chi connectivity index (χ3n) is 3.30. The average molecular weight is 278 g/mol. The summed E-state index contributed by atoms with van der Waals surface area (Å²) < 4.78 is 5.69. The van der Waals surface area contributed by atoms with Crippen LogP contribution in [0, 0.1) is 0 Å². The first-order valence-electron chi connectivity index (χ1n) is 6.10. The molecule has 0 radical (unpaired) electrons. The van der Waals surface area contributed by atoms with Crippen LogP contribution in [-0.4, -0.2) is 23.1 Å². The van der Waals surface area contributed by atoms with E-state index < -0.39 is 0 Å². The summed E-state index contributed by atoms with van der Waals surface area (Å²) in [5, 5.41) is 0. The standard InChI is InChI=1S/C14H15N3O.ClH/c15-8-14-12-3-1-2-11(10(12)5-7-18-14)13-4-6-16-9-17-13;/h1-4,6,9,14H,5,7-8,15H2;1H/t14-;/m1./s1. The first-order chi connectivity index (χ1) is 8.90. The summed E-state index contributed by atoms with van der Waals surface area (Å²) in [6.07, 6.45) is 4.26. The van der Waals surface area contributed by atoms with Crippen molar-refractivity contribution >= 4 is 12.4 Å². The molecule has 2 heterocycles. The van der Waals surface area contributed by atoms with E-state index in [2.05, 4.69) is 22.1 Å². The second-order valence-corrected chi connectivity index (χ2v) is 4.31. The Morgan fingerprint density at radius 1 is 1.32 bits per heavy atom. The molecule has 5 heteroatoms. The number of benzene rings is 1. The summed E-state index contributed by atoms with van der Waals surface area (Å²) in [6, 6.07) is 8.16. The van der Waals surface area contributed by atoms with Crippen molar-refractivity contribution in [3.8, 4) is 11.3 Å². The molecule has 1 aromatic carbocycles. The number of ether oxygens (including phenoxy) is 1. The van der Waals surface area contributed by atoms with E-state index in [4.69, 9.17) is 10.5 Å². The lowest BCUT2D eigenvalue weighted by molar-refractivity contribution is 0.0486. The Bertz CT molecular complexity index is 548. The van der Waals surface area contributed by atoms with E-state index in [1.807, 2.05) is 12.1 Å². The van der Waals surface area contributed by atoms with Crippen molar-refractivity contribution < 1.29 is 4.74 Å². The Morgan fingerprint density at radius 2 is 2.21 bits per heavy atom. The zero-order chi connectivity index (χ0) is 12.4. The molecule has 2 aromatic rings. The number of hydrogen-bond donors (Lipinski definition) is 1. The monoisotopic (exact) mass is 277 g/mol. The molecule has 4 nitrogen and oxygen atoms in total. The van der Waals surface area contributed by atoms with Gasteiger partial charge in [0.15, 0.2) is 0 Å². The highest BCUT2D eigenvalue weighted by Crippen LogP contribution is 2.32. The van der Waals surface area contributed by atoms with Gasteiger partial charge in [0.2, 0.25) is 0 Å². The summed E-state index contributed by atoms with van der Waals surface area (Å²) in [6.45, 7) is 1.23. The largest absolute Gasteiger partial charge is 0.372 e. The molecule has 1 aromatic heterocycles. The van der Waals surface area contributed by atoms with Crippen LogP contribution in [0.25, 0.3) is 11.3 Å². The minimum Gasteiger partial charge on any atom is -0.372 e. The van der Waals surface area contributed by atoms with Gasteiger partial charge in [-0.1, -0.05) is 18.2 Å². The Morgan fingerprint density at radius 3 is 2.95 bits per heavy atom. The summed E-state index contributed by atoms with van der Waals surface area (Å²) in [5.41, 5.74) is 10.4. The quantitative estimate of drug-likeness (QED) is 0.914. The van der Waals surface area contributed by atoms with Crippen molar-refractivity contribution in [2.24, 2.45) is 5.73 Å². The van der Waals surface area contributed by atoms with E-state index in [0.29, 0.717) is 6.54 Å². The van der Waals surface area contributed by atoms with Gasteiger partial charge in [0.1, 0.15) is 6.33 Å². The van der Waals surface area contributed by atoms with Crippen LogP contribution in [0.1, 0.15) is 17.2 Å². The third-order valence-corrected chi connectivity index (χ3v) is 3.30. The lowest BCUT2D eigenvalue weighted by Crippen LogP contribution is -2.23. The van der Waals surface area contributed by atoms with Crippen LogP contribution in [-0.2, 0) is 11.2 Å². The molecular weight excluding hydrogens is 262 g/mol. The smallest absolute Gasteiger partial charge is 0.116 e. The number of nitrogens with zero attached hydrogens (tertiary/aromatic N) is 2. The van der Waals surface area contributed by atoms with Crippen molar-refractivity contribution in [1.29, 1.82) is 0 Å². The molecule has 0 saturated carbocycles. The van der Waals surface area contributed by atoms with Crippen molar-refractivity contribution in [2.45, 2.75) is 12.5 Å². The maximum Gasteiger partial charge on any atom is 0.116 e. The highest BCUT2D eigenvalue weighted by molar-refractivity contribution is 5.85. The highest BCUT2D eigenvalue weighted by atomic mass is 35.5. The maximum atomic E-state index is 5.76. The Labute approximate surface area is 118 Å². The molecule has 0 bridgehead atoms. The van der Waals surface area contributed by atoms with Crippen LogP contribution in [0.3, 0.4) is 0 Å². The Hall–Kier alpha value is -1.49. The van der Waals surface area contributed by atoms with Gasteiger partial charge in [-0.25, -0.2) is 9.97 Å². The van der Waals surface area contributed by atoms with Gasteiger partial charge in [-0.3, -0.25) is 0 Å². The molecule has 2 N–H and O–H groups in total. The fourth-order valence-electron chi connectivity index (χ4n) is 2.46. The molecule has 100 valence electrons. The van der Waals surface area contributed by atoms with Crippen LogP contribution in [0.2, 0.25) is 0 Å². The first kappa shape index (κ1) is 13.9. The molecule has 1 aliphatic rings. The van der Waals surface area contributed by atoms with E-state index in [0.717, 1.165) is 24.3 Å². The molecule has 1 aliphatic heterocycles. The number of rotatable bonds is 2. The molecule has 0 aliphatic carbocycles. The number of hydrogen-bond acceptors (Lipinski definition) is 4. The number of fused-ring (bicyclic) bond motifs is 1. The topological polar surface area (TPSA) is 61.0 Å². The van der Waals surface area contributed by atoms with Gasteiger partial charge >= 0.3 is 0 Å². The molecule has 0 fully saturated rings. The fourth-order valence-corrected chi connectivity index (χ4v) is 2.46. The normalized spacial score (nSPS) is 17.4. The van der Waals surface area contributed by atoms with E-state index in [9.17, 15) is 0 Å². The Kier molecular flexibility index (Phi) is 4.47. The zero-order valence-corrected chi connectivity index (χ0v) is 11.3. The number of aromatic nitrogens is 2. The van der Waals surface area contributed by atoms with Crippen LogP contribution in [0.5, 0.6) is 0 Å². The summed E-state index contributed by atoms with van der Waals surface area (Å²) >= 11 is 0. The lowest BCUT2D eigenvalue weighted by Gasteiger charge is -2.26. The fraction of sp³-hybridized carbons (Fsp3) is 0.286. The Balaban J connectivity index is 0.00000133. The lowest BCUT2D eigenvalue weighted by atomic mass is 9.91. The van der Waals surface area contributed by atoms with Gasteiger partial charge in [0, 0.05) is 18.3 Å².